The van der Waals surface area contributed by atoms with E-state index in [9.17, 15) is 0 Å². The van der Waals surface area contributed by atoms with Crippen LogP contribution in [0.4, 0.5) is 0 Å². The van der Waals surface area contributed by atoms with Crippen LogP contribution in [0.3, 0.4) is 0 Å². The Labute approximate surface area is 307 Å². The number of thiophene rings is 1. The Morgan fingerprint density at radius 1 is 0.453 bits per heavy atom. The highest BCUT2D eigenvalue weighted by atomic mass is 32.1. The molecule has 0 amide bonds. The number of para-hydroxylation sites is 3. The fraction of sp³-hybridized carbons (Fsp3) is 0. The lowest BCUT2D eigenvalue weighted by Crippen LogP contribution is -2.00. The third-order valence-corrected chi connectivity index (χ3v) is 11.0. The number of rotatable bonds is 5. The molecule has 4 aromatic heterocycles. The van der Waals surface area contributed by atoms with Crippen molar-refractivity contribution in [1.29, 1.82) is 0 Å². The van der Waals surface area contributed by atoms with Crippen LogP contribution >= 0.6 is 11.3 Å². The van der Waals surface area contributed by atoms with Crippen molar-refractivity contribution in [2.24, 2.45) is 0 Å². The molecule has 0 aliphatic heterocycles. The molecule has 0 fully saturated rings. The molecule has 0 radical (unpaired) electrons. The Kier molecular flexibility index (Phi) is 6.62. The second kappa shape index (κ2) is 11.8. The number of benzene rings is 7. The summed E-state index contributed by atoms with van der Waals surface area (Å²) in [6.07, 6.45) is 0. The average molecular weight is 698 g/mol. The molecule has 11 aromatic rings. The minimum Gasteiger partial charge on any atom is -0.456 e. The summed E-state index contributed by atoms with van der Waals surface area (Å²) in [6, 6.07) is 56.2. The van der Waals surface area contributed by atoms with E-state index in [0.29, 0.717) is 17.5 Å². The van der Waals surface area contributed by atoms with Crippen molar-refractivity contribution in [2.75, 3.05) is 0 Å². The molecule has 53 heavy (non-hydrogen) atoms. The zero-order valence-corrected chi connectivity index (χ0v) is 29.0. The van der Waals surface area contributed by atoms with Crippen molar-refractivity contribution in [2.45, 2.75) is 0 Å². The molecule has 0 atom stereocenters. The summed E-state index contributed by atoms with van der Waals surface area (Å²) in [7, 11) is 0. The van der Waals surface area contributed by atoms with Crippen LogP contribution in [-0.4, -0.2) is 24.5 Å². The van der Waals surface area contributed by atoms with E-state index < -0.39 is 0 Å². The second-order valence-corrected chi connectivity index (χ2v) is 14.2. The lowest BCUT2D eigenvalue weighted by Gasteiger charge is -2.10. The SMILES string of the molecule is c1ccc(-c2nc(-c3ccc4c(c3)sc3ccccc34)nc(-c3cccc4oc5cc(-c6nc7ccccc7n6-c6ccccc6)ccc5c34)n2)cc1. The van der Waals surface area contributed by atoms with Gasteiger partial charge in [0, 0.05) is 58.9 Å². The number of hydrogen-bond donors (Lipinski definition) is 0. The summed E-state index contributed by atoms with van der Waals surface area (Å²) in [6.45, 7) is 0. The van der Waals surface area contributed by atoms with Crippen molar-refractivity contribution in [3.8, 4) is 51.2 Å². The van der Waals surface area contributed by atoms with Gasteiger partial charge in [0.15, 0.2) is 17.5 Å². The van der Waals surface area contributed by atoms with Crippen molar-refractivity contribution >= 4 is 64.5 Å². The van der Waals surface area contributed by atoms with Gasteiger partial charge < -0.3 is 4.42 Å². The van der Waals surface area contributed by atoms with Gasteiger partial charge in [0.2, 0.25) is 0 Å². The van der Waals surface area contributed by atoms with Crippen molar-refractivity contribution < 1.29 is 4.42 Å². The van der Waals surface area contributed by atoms with Crippen LogP contribution in [0.25, 0.3) is 104 Å². The molecular weight excluding hydrogens is 671 g/mol. The van der Waals surface area contributed by atoms with Crippen LogP contribution in [-0.2, 0) is 0 Å². The van der Waals surface area contributed by atoms with E-state index in [2.05, 4.69) is 114 Å². The molecule has 7 heteroatoms. The van der Waals surface area contributed by atoms with Gasteiger partial charge >= 0.3 is 0 Å². The van der Waals surface area contributed by atoms with Gasteiger partial charge in [-0.1, -0.05) is 109 Å². The summed E-state index contributed by atoms with van der Waals surface area (Å²) in [5, 5.41) is 4.44. The van der Waals surface area contributed by atoms with Gasteiger partial charge in [-0.25, -0.2) is 19.9 Å². The highest BCUT2D eigenvalue weighted by Crippen LogP contribution is 2.40. The van der Waals surface area contributed by atoms with Crippen molar-refractivity contribution in [1.82, 2.24) is 24.5 Å². The molecule has 0 saturated carbocycles. The highest BCUT2D eigenvalue weighted by Gasteiger charge is 2.20. The summed E-state index contributed by atoms with van der Waals surface area (Å²) < 4.78 is 11.3. The third kappa shape index (κ3) is 4.86. The van der Waals surface area contributed by atoms with Crippen LogP contribution in [0.1, 0.15) is 0 Å². The first-order valence-electron chi connectivity index (χ1n) is 17.5. The van der Waals surface area contributed by atoms with Gasteiger partial charge in [-0.05, 0) is 54.6 Å². The zero-order chi connectivity index (χ0) is 34.9. The number of nitrogens with zero attached hydrogens (tertiary/aromatic N) is 5. The van der Waals surface area contributed by atoms with Crippen LogP contribution in [0.2, 0.25) is 0 Å². The minimum absolute atomic E-state index is 0.591. The predicted octanol–water partition coefficient (Wildman–Crippen LogP) is 12.1. The normalized spacial score (nSPS) is 11.8. The van der Waals surface area contributed by atoms with Crippen LogP contribution in [0, 0.1) is 0 Å². The second-order valence-electron chi connectivity index (χ2n) is 13.1. The van der Waals surface area contributed by atoms with Gasteiger partial charge in [0.25, 0.3) is 0 Å². The molecular formula is C46H27N5OS. The third-order valence-electron chi connectivity index (χ3n) is 9.88. The van der Waals surface area contributed by atoms with E-state index in [1.54, 1.807) is 11.3 Å². The van der Waals surface area contributed by atoms with E-state index in [0.717, 1.165) is 66.7 Å². The summed E-state index contributed by atoms with van der Waals surface area (Å²) in [4.78, 5) is 20.4. The number of hydrogen-bond acceptors (Lipinski definition) is 6. The molecule has 0 spiro atoms. The first-order valence-corrected chi connectivity index (χ1v) is 18.3. The topological polar surface area (TPSA) is 69.6 Å². The molecule has 11 rings (SSSR count). The molecule has 0 bridgehead atoms. The van der Waals surface area contributed by atoms with Crippen molar-refractivity contribution in [3.05, 3.63) is 164 Å². The molecule has 0 aliphatic rings. The molecule has 6 nitrogen and oxygen atoms in total. The monoisotopic (exact) mass is 697 g/mol. The maximum atomic E-state index is 6.60. The average Bonchev–Trinajstić information content (AvgIpc) is 3.92. The standard InChI is InChI=1S/C46H27N5OS/c1-3-12-28(13-4-1)43-48-44(29-22-24-33-32-16-7-10-21-40(32)53-41(33)27-29)50-45(49-43)35-17-11-20-38-42(35)34-25-23-30(26-39(34)52-38)46-47-36-18-8-9-19-37(36)51(46)31-14-5-2-6-15-31/h1-27H. The fourth-order valence-electron chi connectivity index (χ4n) is 7.42. The van der Waals surface area contributed by atoms with E-state index in [1.807, 2.05) is 54.6 Å². The summed E-state index contributed by atoms with van der Waals surface area (Å²) >= 11 is 1.79. The number of furan rings is 1. The number of aromatic nitrogens is 5. The Morgan fingerprint density at radius 3 is 2.04 bits per heavy atom. The Morgan fingerprint density at radius 2 is 1.15 bits per heavy atom. The number of imidazole rings is 1. The molecule has 248 valence electrons. The quantitative estimate of drug-likeness (QED) is 0.179. The smallest absolute Gasteiger partial charge is 0.164 e. The van der Waals surface area contributed by atoms with Gasteiger partial charge in [-0.2, -0.15) is 0 Å². The molecule has 0 N–H and O–H groups in total. The fourth-order valence-corrected chi connectivity index (χ4v) is 8.56. The summed E-state index contributed by atoms with van der Waals surface area (Å²) in [5.41, 5.74) is 8.28. The predicted molar refractivity (Wildman–Crippen MR) is 216 cm³/mol. The van der Waals surface area contributed by atoms with Gasteiger partial charge in [0.05, 0.1) is 11.0 Å². The van der Waals surface area contributed by atoms with E-state index in [-0.39, 0.29) is 0 Å². The first kappa shape index (κ1) is 29.7. The van der Waals surface area contributed by atoms with Gasteiger partial charge in [-0.15, -0.1) is 11.3 Å². The molecule has 0 saturated heterocycles. The molecule has 0 aliphatic carbocycles. The lowest BCUT2D eigenvalue weighted by atomic mass is 10.0. The van der Waals surface area contributed by atoms with Gasteiger partial charge in [-0.3, -0.25) is 4.57 Å². The van der Waals surface area contributed by atoms with Crippen molar-refractivity contribution in [3.63, 3.8) is 0 Å². The van der Waals surface area contributed by atoms with Crippen LogP contribution < -0.4 is 0 Å². The molecule has 4 heterocycles. The Bertz CT molecular complexity index is 3180. The minimum atomic E-state index is 0.591. The molecule has 7 aromatic carbocycles. The Hall–Kier alpha value is -6.96. The van der Waals surface area contributed by atoms with E-state index in [1.165, 1.54) is 20.2 Å². The highest BCUT2D eigenvalue weighted by molar-refractivity contribution is 7.25. The largest absolute Gasteiger partial charge is 0.456 e. The van der Waals surface area contributed by atoms with E-state index >= 15 is 0 Å². The summed E-state index contributed by atoms with van der Waals surface area (Å²) in [5.74, 6) is 2.69. The Balaban J connectivity index is 1.09. The van der Waals surface area contributed by atoms with E-state index in [4.69, 9.17) is 24.4 Å². The maximum Gasteiger partial charge on any atom is 0.164 e. The first-order chi connectivity index (χ1) is 26.2. The lowest BCUT2D eigenvalue weighted by molar-refractivity contribution is 0.669. The van der Waals surface area contributed by atoms with Crippen LogP contribution in [0.5, 0.6) is 0 Å². The zero-order valence-electron chi connectivity index (χ0n) is 28.1. The maximum absolute atomic E-state index is 6.60. The molecule has 0 unspecified atom stereocenters. The van der Waals surface area contributed by atoms with Gasteiger partial charge in [0.1, 0.15) is 17.0 Å². The number of fused-ring (bicyclic) bond motifs is 7. The van der Waals surface area contributed by atoms with Crippen LogP contribution in [0.15, 0.2) is 168 Å².